The standard InChI is InChI=1S/C25H8BF11O2/c27-11-4-1-8(7-14(11)30)38-26(17-9-2-5-12(28)18(31)15(9)20(33)22(17)35)39-25-10-3-6-13(29)19(32)16(10)21(34)23(36)24(25)37/h1-7,17H. The zero-order chi connectivity index (χ0) is 28.3. The minimum atomic E-state index is -2.46. The summed E-state index contributed by atoms with van der Waals surface area (Å²) in [7, 11) is -2.46. The highest BCUT2D eigenvalue weighted by molar-refractivity contribution is 6.50. The number of hydrogen-bond donors (Lipinski definition) is 0. The van der Waals surface area contributed by atoms with Gasteiger partial charge in [0.1, 0.15) is 23.1 Å². The molecule has 14 heteroatoms. The molecule has 0 saturated carbocycles. The molecule has 2 nitrogen and oxygen atoms in total. The summed E-state index contributed by atoms with van der Waals surface area (Å²) in [6.07, 6.45) is 0. The Morgan fingerprint density at radius 2 is 1.21 bits per heavy atom. The van der Waals surface area contributed by atoms with E-state index in [1.54, 1.807) is 0 Å². The van der Waals surface area contributed by atoms with Gasteiger partial charge in [-0.3, -0.25) is 0 Å². The van der Waals surface area contributed by atoms with E-state index in [-0.39, 0.29) is 0 Å². The highest BCUT2D eigenvalue weighted by atomic mass is 19.2. The van der Waals surface area contributed by atoms with Crippen molar-refractivity contribution in [3.8, 4) is 11.5 Å². The summed E-state index contributed by atoms with van der Waals surface area (Å²) < 4.78 is 167. The van der Waals surface area contributed by atoms with Gasteiger partial charge in [-0.15, -0.1) is 0 Å². The molecular formula is C25H8BF11O2. The number of hydrogen-bond acceptors (Lipinski definition) is 2. The van der Waals surface area contributed by atoms with Crippen molar-refractivity contribution in [2.24, 2.45) is 0 Å². The van der Waals surface area contributed by atoms with Gasteiger partial charge < -0.3 is 9.31 Å². The quantitative estimate of drug-likeness (QED) is 0.140. The summed E-state index contributed by atoms with van der Waals surface area (Å²) in [5, 5.41) is -2.35. The second-order valence-electron chi connectivity index (χ2n) is 8.20. The fraction of sp³-hybridized carbons (Fsp3) is 0.0400. The van der Waals surface area contributed by atoms with E-state index < -0.39 is 110 Å². The molecule has 0 heterocycles. The van der Waals surface area contributed by atoms with Gasteiger partial charge >= 0.3 is 7.12 Å². The van der Waals surface area contributed by atoms with Crippen LogP contribution in [-0.2, 0) is 0 Å². The number of allylic oxidation sites excluding steroid dienone is 1. The second-order valence-corrected chi connectivity index (χ2v) is 8.20. The molecule has 4 aromatic rings. The Morgan fingerprint density at radius 1 is 0.564 bits per heavy atom. The van der Waals surface area contributed by atoms with Crippen LogP contribution in [0.25, 0.3) is 16.6 Å². The molecule has 0 aromatic heterocycles. The molecule has 0 saturated heterocycles. The lowest BCUT2D eigenvalue weighted by atomic mass is 9.68. The number of fused-ring (bicyclic) bond motifs is 2. The van der Waals surface area contributed by atoms with E-state index in [4.69, 9.17) is 9.31 Å². The van der Waals surface area contributed by atoms with Gasteiger partial charge in [0.05, 0.1) is 10.9 Å². The van der Waals surface area contributed by atoms with Crippen molar-refractivity contribution >= 4 is 23.7 Å². The molecule has 0 aliphatic heterocycles. The highest BCUT2D eigenvalue weighted by Gasteiger charge is 2.49. The van der Waals surface area contributed by atoms with Gasteiger partial charge in [0.2, 0.25) is 5.82 Å². The van der Waals surface area contributed by atoms with E-state index in [1.165, 1.54) is 0 Å². The molecule has 0 radical (unpaired) electrons. The average Bonchev–Trinajstić information content (AvgIpc) is 3.16. The molecule has 0 amide bonds. The molecule has 5 rings (SSSR count). The van der Waals surface area contributed by atoms with Crippen molar-refractivity contribution in [1.82, 2.24) is 0 Å². The third kappa shape index (κ3) is 4.14. The van der Waals surface area contributed by atoms with E-state index in [2.05, 4.69) is 0 Å². The molecule has 0 N–H and O–H groups in total. The molecule has 39 heavy (non-hydrogen) atoms. The SMILES string of the molecule is FC1=C(F)C(B(Oc2ccc(F)c(F)c2)Oc2c(F)c(F)c(F)c3c(F)c(F)ccc23)c2ccc(F)c(F)c21. The maximum absolute atomic E-state index is 15.1. The van der Waals surface area contributed by atoms with Gasteiger partial charge in [0.15, 0.2) is 52.4 Å². The first-order chi connectivity index (χ1) is 18.4. The maximum atomic E-state index is 15.1. The lowest BCUT2D eigenvalue weighted by molar-refractivity contribution is 0.371. The largest absolute Gasteiger partial charge is 0.610 e. The van der Waals surface area contributed by atoms with E-state index in [0.29, 0.717) is 36.4 Å². The third-order valence-electron chi connectivity index (χ3n) is 5.96. The smallest absolute Gasteiger partial charge is 0.525 e. The summed E-state index contributed by atoms with van der Waals surface area (Å²) in [6.45, 7) is 0. The van der Waals surface area contributed by atoms with Crippen LogP contribution in [0.5, 0.6) is 11.5 Å². The number of rotatable bonds is 5. The van der Waals surface area contributed by atoms with Crippen LogP contribution in [0.15, 0.2) is 48.3 Å². The molecule has 0 spiro atoms. The summed E-state index contributed by atoms with van der Waals surface area (Å²) in [4.78, 5) is 0. The molecule has 1 unspecified atom stereocenters. The Hall–Kier alpha value is -4.23. The van der Waals surface area contributed by atoms with Gasteiger partial charge in [-0.25, -0.2) is 43.9 Å². The lowest BCUT2D eigenvalue weighted by Gasteiger charge is -2.23. The first kappa shape index (κ1) is 26.4. The summed E-state index contributed by atoms with van der Waals surface area (Å²) in [5.74, 6) is -24.6. The van der Waals surface area contributed by atoms with Crippen LogP contribution < -0.4 is 9.31 Å². The van der Waals surface area contributed by atoms with E-state index in [0.717, 1.165) is 6.07 Å². The van der Waals surface area contributed by atoms with E-state index in [1.807, 2.05) is 0 Å². The Kier molecular flexibility index (Phi) is 6.43. The van der Waals surface area contributed by atoms with Crippen molar-refractivity contribution in [1.29, 1.82) is 0 Å². The second kappa shape index (κ2) is 9.51. The minimum absolute atomic E-state index is 0.399. The van der Waals surface area contributed by atoms with Gasteiger partial charge in [0, 0.05) is 11.5 Å². The zero-order valence-corrected chi connectivity index (χ0v) is 18.7. The Morgan fingerprint density at radius 3 is 1.90 bits per heavy atom. The van der Waals surface area contributed by atoms with Crippen molar-refractivity contribution in [2.75, 3.05) is 0 Å². The molecule has 0 bridgehead atoms. The van der Waals surface area contributed by atoms with Gasteiger partial charge in [-0.1, -0.05) is 6.07 Å². The Balaban J connectivity index is 1.72. The predicted molar refractivity (Wildman–Crippen MR) is 115 cm³/mol. The molecule has 1 atom stereocenters. The molecule has 1 aliphatic rings. The summed E-state index contributed by atoms with van der Waals surface area (Å²) >= 11 is 0. The molecule has 200 valence electrons. The molecule has 4 aromatic carbocycles. The average molecular weight is 560 g/mol. The normalized spacial score (nSPS) is 14.7. The third-order valence-corrected chi connectivity index (χ3v) is 5.96. The van der Waals surface area contributed by atoms with Crippen LogP contribution in [0.2, 0.25) is 0 Å². The predicted octanol–water partition coefficient (Wildman–Crippen LogP) is 7.98. The topological polar surface area (TPSA) is 18.5 Å². The Bertz CT molecular complexity index is 1710. The van der Waals surface area contributed by atoms with Crippen LogP contribution in [0.3, 0.4) is 0 Å². The Labute approximate surface area is 211 Å². The highest BCUT2D eigenvalue weighted by Crippen LogP contribution is 2.47. The van der Waals surface area contributed by atoms with Gasteiger partial charge in [-0.2, -0.15) is 4.39 Å². The van der Waals surface area contributed by atoms with Crippen LogP contribution in [0.4, 0.5) is 48.3 Å². The summed E-state index contributed by atoms with van der Waals surface area (Å²) in [5.41, 5.74) is -1.87. The van der Waals surface area contributed by atoms with Gasteiger partial charge in [0.25, 0.3) is 0 Å². The number of halogens is 11. The van der Waals surface area contributed by atoms with Crippen LogP contribution >= 0.6 is 0 Å². The summed E-state index contributed by atoms with van der Waals surface area (Å²) in [6, 6.07) is 3.88. The first-order valence-corrected chi connectivity index (χ1v) is 10.7. The fourth-order valence-corrected chi connectivity index (χ4v) is 4.16. The number of benzene rings is 4. The first-order valence-electron chi connectivity index (χ1n) is 10.7. The van der Waals surface area contributed by atoms with E-state index in [9.17, 15) is 43.9 Å². The van der Waals surface area contributed by atoms with Crippen molar-refractivity contribution in [3.05, 3.63) is 112 Å². The van der Waals surface area contributed by atoms with Gasteiger partial charge in [-0.05, 0) is 35.9 Å². The van der Waals surface area contributed by atoms with Crippen LogP contribution in [0.1, 0.15) is 16.9 Å². The lowest BCUT2D eigenvalue weighted by Crippen LogP contribution is -2.38. The minimum Gasteiger partial charge on any atom is -0.525 e. The van der Waals surface area contributed by atoms with Crippen molar-refractivity contribution in [2.45, 2.75) is 5.82 Å². The molecule has 1 aliphatic carbocycles. The molecule has 0 fully saturated rings. The fourth-order valence-electron chi connectivity index (χ4n) is 4.16. The van der Waals surface area contributed by atoms with Crippen molar-refractivity contribution < 1.29 is 57.6 Å². The van der Waals surface area contributed by atoms with Crippen LogP contribution in [0, 0.1) is 52.4 Å². The van der Waals surface area contributed by atoms with E-state index >= 15 is 4.39 Å². The monoisotopic (exact) mass is 560 g/mol. The molecular weight excluding hydrogens is 552 g/mol. The van der Waals surface area contributed by atoms with Crippen molar-refractivity contribution in [3.63, 3.8) is 0 Å². The maximum Gasteiger partial charge on any atom is 0.610 e. The van der Waals surface area contributed by atoms with Crippen LogP contribution in [-0.4, -0.2) is 7.12 Å². The zero-order valence-electron chi connectivity index (χ0n) is 18.7.